The number of amides is 1. The number of nitrogens with zero attached hydrogens (tertiary/aromatic N) is 2. The van der Waals surface area contributed by atoms with Gasteiger partial charge in [0.2, 0.25) is 0 Å². The molecule has 1 saturated heterocycles. The Morgan fingerprint density at radius 3 is 2.61 bits per heavy atom. The first-order valence-electron chi connectivity index (χ1n) is 10.7. The highest BCUT2D eigenvalue weighted by molar-refractivity contribution is 7.12. The van der Waals surface area contributed by atoms with Crippen LogP contribution in [-0.4, -0.2) is 28.5 Å². The van der Waals surface area contributed by atoms with E-state index in [1.807, 2.05) is 51.2 Å². The van der Waals surface area contributed by atoms with Crippen molar-refractivity contribution in [2.45, 2.75) is 18.9 Å². The first kappa shape index (κ1) is 18.6. The zero-order valence-corrected chi connectivity index (χ0v) is 17.8. The molecule has 2 aliphatic heterocycles. The quantitative estimate of drug-likeness (QED) is 0.453. The molecule has 0 saturated carbocycles. The molecule has 0 radical (unpaired) electrons. The first-order valence-corrected chi connectivity index (χ1v) is 11.6. The molecule has 5 heteroatoms. The van der Waals surface area contributed by atoms with Gasteiger partial charge in [-0.05, 0) is 58.3 Å². The summed E-state index contributed by atoms with van der Waals surface area (Å²) in [5.41, 5.74) is 2.86. The van der Waals surface area contributed by atoms with Crippen molar-refractivity contribution in [2.24, 2.45) is 5.92 Å². The highest BCUT2D eigenvalue weighted by atomic mass is 32.1. The number of piperidine rings is 1. The molecule has 31 heavy (non-hydrogen) atoms. The van der Waals surface area contributed by atoms with Crippen molar-refractivity contribution >= 4 is 28.0 Å². The Labute approximate surface area is 184 Å². The summed E-state index contributed by atoms with van der Waals surface area (Å²) in [4.78, 5) is 29.1. The molecule has 2 bridgehead atoms. The summed E-state index contributed by atoms with van der Waals surface area (Å²) >= 11 is 1.49. The lowest BCUT2D eigenvalue weighted by Crippen LogP contribution is -2.49. The second-order valence-corrected chi connectivity index (χ2v) is 9.58. The van der Waals surface area contributed by atoms with Crippen LogP contribution in [0.5, 0.6) is 0 Å². The van der Waals surface area contributed by atoms with Gasteiger partial charge in [0.1, 0.15) is 0 Å². The molecule has 4 nitrogen and oxygen atoms in total. The predicted molar refractivity (Wildman–Crippen MR) is 125 cm³/mol. The van der Waals surface area contributed by atoms with Crippen molar-refractivity contribution in [3.05, 3.63) is 93.0 Å². The van der Waals surface area contributed by atoms with Gasteiger partial charge in [-0.2, -0.15) is 0 Å². The van der Waals surface area contributed by atoms with E-state index in [1.165, 1.54) is 16.7 Å². The van der Waals surface area contributed by atoms with Crippen molar-refractivity contribution in [2.75, 3.05) is 13.1 Å². The third kappa shape index (κ3) is 3.12. The molecule has 4 aromatic rings. The average Bonchev–Trinajstić information content (AvgIpc) is 3.34. The molecule has 0 N–H and O–H groups in total. The molecule has 2 unspecified atom stereocenters. The lowest BCUT2D eigenvalue weighted by Gasteiger charge is -2.42. The molecule has 154 valence electrons. The summed E-state index contributed by atoms with van der Waals surface area (Å²) in [5, 5.41) is 4.26. The Kier molecular flexibility index (Phi) is 4.32. The molecule has 1 amide bonds. The van der Waals surface area contributed by atoms with E-state index < -0.39 is 0 Å². The SMILES string of the molecule is O=C(c1cccs1)N1CC2CC(C1)c1ccc(-c3ccc4ccccc4c3)c(=O)n1C2. The molecule has 2 atom stereocenters. The molecular formula is C26H22N2O2S. The van der Waals surface area contributed by atoms with E-state index in [1.54, 1.807) is 0 Å². The van der Waals surface area contributed by atoms with Crippen LogP contribution in [0, 0.1) is 5.92 Å². The van der Waals surface area contributed by atoms with Gasteiger partial charge >= 0.3 is 0 Å². The van der Waals surface area contributed by atoms with E-state index in [0.717, 1.165) is 40.0 Å². The molecular weight excluding hydrogens is 404 g/mol. The predicted octanol–water partition coefficient (Wildman–Crippen LogP) is 4.99. The lowest BCUT2D eigenvalue weighted by atomic mass is 9.82. The fourth-order valence-electron chi connectivity index (χ4n) is 5.24. The minimum absolute atomic E-state index is 0.0838. The highest BCUT2D eigenvalue weighted by Crippen LogP contribution is 2.36. The van der Waals surface area contributed by atoms with Gasteiger partial charge < -0.3 is 9.47 Å². The number of hydrogen-bond acceptors (Lipinski definition) is 3. The van der Waals surface area contributed by atoms with E-state index in [9.17, 15) is 9.59 Å². The number of carbonyl (C=O) groups excluding carboxylic acids is 1. The molecule has 0 aliphatic carbocycles. The van der Waals surface area contributed by atoms with E-state index >= 15 is 0 Å². The second kappa shape index (κ2) is 7.20. The van der Waals surface area contributed by atoms with Crippen molar-refractivity contribution in [3.8, 4) is 11.1 Å². The van der Waals surface area contributed by atoms with Gasteiger partial charge in [0, 0.05) is 36.8 Å². The molecule has 1 fully saturated rings. The largest absolute Gasteiger partial charge is 0.337 e. The third-order valence-electron chi connectivity index (χ3n) is 6.68. The van der Waals surface area contributed by atoms with Crippen LogP contribution >= 0.6 is 11.3 Å². The molecule has 4 heterocycles. The normalized spacial score (nSPS) is 19.9. The zero-order valence-electron chi connectivity index (χ0n) is 17.0. The van der Waals surface area contributed by atoms with Gasteiger partial charge in [-0.3, -0.25) is 9.59 Å². The van der Waals surface area contributed by atoms with Crippen LogP contribution in [0.2, 0.25) is 0 Å². The van der Waals surface area contributed by atoms with Crippen LogP contribution in [0.3, 0.4) is 0 Å². The Bertz CT molecular complexity index is 1360. The summed E-state index contributed by atoms with van der Waals surface area (Å²) in [6.07, 6.45) is 1.04. The van der Waals surface area contributed by atoms with Gasteiger partial charge in [0.15, 0.2) is 0 Å². The van der Waals surface area contributed by atoms with E-state index in [2.05, 4.69) is 30.3 Å². The van der Waals surface area contributed by atoms with E-state index in [-0.39, 0.29) is 17.4 Å². The number of fused-ring (bicyclic) bond motifs is 5. The number of aromatic nitrogens is 1. The van der Waals surface area contributed by atoms with Crippen LogP contribution in [0.15, 0.2) is 76.9 Å². The van der Waals surface area contributed by atoms with Crippen molar-refractivity contribution < 1.29 is 4.79 Å². The van der Waals surface area contributed by atoms with Crippen LogP contribution < -0.4 is 5.56 Å². The Morgan fingerprint density at radius 1 is 0.903 bits per heavy atom. The van der Waals surface area contributed by atoms with Crippen molar-refractivity contribution in [1.29, 1.82) is 0 Å². The van der Waals surface area contributed by atoms with Gasteiger partial charge in [0.05, 0.1) is 4.88 Å². The minimum Gasteiger partial charge on any atom is -0.337 e. The number of rotatable bonds is 2. The monoisotopic (exact) mass is 426 g/mol. The van der Waals surface area contributed by atoms with Crippen molar-refractivity contribution in [3.63, 3.8) is 0 Å². The topological polar surface area (TPSA) is 42.3 Å². The zero-order chi connectivity index (χ0) is 20.9. The minimum atomic E-state index is 0.0838. The smallest absolute Gasteiger partial charge is 0.263 e. The van der Waals surface area contributed by atoms with Gasteiger partial charge in [-0.15, -0.1) is 11.3 Å². The molecule has 0 spiro atoms. The Morgan fingerprint density at radius 2 is 1.77 bits per heavy atom. The maximum atomic E-state index is 13.5. The second-order valence-electron chi connectivity index (χ2n) is 8.64. The summed E-state index contributed by atoms with van der Waals surface area (Å²) in [5.74, 6) is 0.655. The van der Waals surface area contributed by atoms with Gasteiger partial charge in [-0.25, -0.2) is 0 Å². The summed E-state index contributed by atoms with van der Waals surface area (Å²) in [7, 11) is 0. The highest BCUT2D eigenvalue weighted by Gasteiger charge is 2.37. The fourth-order valence-corrected chi connectivity index (χ4v) is 5.94. The molecule has 6 rings (SSSR count). The molecule has 2 aromatic carbocycles. The number of carbonyl (C=O) groups is 1. The Balaban J connectivity index is 1.35. The summed E-state index contributed by atoms with van der Waals surface area (Å²) in [6, 6.07) is 22.3. The molecule has 2 aromatic heterocycles. The number of hydrogen-bond donors (Lipinski definition) is 0. The first-order chi connectivity index (χ1) is 15.2. The van der Waals surface area contributed by atoms with Gasteiger partial charge in [-0.1, -0.05) is 42.5 Å². The van der Waals surface area contributed by atoms with Crippen LogP contribution in [0.4, 0.5) is 0 Å². The van der Waals surface area contributed by atoms with E-state index in [0.29, 0.717) is 19.0 Å². The van der Waals surface area contributed by atoms with Gasteiger partial charge in [0.25, 0.3) is 11.5 Å². The fraction of sp³-hybridized carbons (Fsp3) is 0.231. The molecule has 2 aliphatic rings. The number of benzene rings is 2. The third-order valence-corrected chi connectivity index (χ3v) is 7.54. The average molecular weight is 427 g/mol. The maximum absolute atomic E-state index is 13.5. The van der Waals surface area contributed by atoms with Crippen LogP contribution in [-0.2, 0) is 6.54 Å². The van der Waals surface area contributed by atoms with Crippen LogP contribution in [0.1, 0.15) is 27.7 Å². The van der Waals surface area contributed by atoms with Crippen LogP contribution in [0.25, 0.3) is 21.9 Å². The summed E-state index contributed by atoms with van der Waals surface area (Å²) in [6.45, 7) is 2.08. The maximum Gasteiger partial charge on any atom is 0.263 e. The van der Waals surface area contributed by atoms with Crippen molar-refractivity contribution in [1.82, 2.24) is 9.47 Å². The number of likely N-dealkylation sites (tertiary alicyclic amines) is 1. The standard InChI is InChI=1S/C26H22N2O2S/c29-25-22(20-8-7-18-4-1-2-5-19(18)13-20)9-10-23-21-12-17(15-28(23)25)14-27(16-21)26(30)24-6-3-11-31-24/h1-11,13,17,21H,12,14-16H2. The Hall–Kier alpha value is -3.18. The lowest BCUT2D eigenvalue weighted by molar-refractivity contribution is 0.0599. The van der Waals surface area contributed by atoms with E-state index in [4.69, 9.17) is 0 Å². The number of pyridine rings is 1. The summed E-state index contributed by atoms with van der Waals surface area (Å²) < 4.78 is 1.97. The number of thiophene rings is 1.